The molecule has 3 aromatic rings. The van der Waals surface area contributed by atoms with Crippen molar-refractivity contribution in [3.05, 3.63) is 77.4 Å². The van der Waals surface area contributed by atoms with Gasteiger partial charge in [-0.1, -0.05) is 35.5 Å². The van der Waals surface area contributed by atoms with Crippen molar-refractivity contribution in [2.45, 2.75) is 26.0 Å². The molecule has 0 aliphatic carbocycles. The Labute approximate surface area is 194 Å². The van der Waals surface area contributed by atoms with Gasteiger partial charge in [-0.25, -0.2) is 0 Å². The molecule has 1 amide bonds. The maximum atomic E-state index is 12.5. The zero-order chi connectivity index (χ0) is 23.0. The molecule has 0 bridgehead atoms. The van der Waals surface area contributed by atoms with Gasteiger partial charge in [0, 0.05) is 51.3 Å². The van der Waals surface area contributed by atoms with Crippen LogP contribution in [-0.4, -0.2) is 65.6 Å². The van der Waals surface area contributed by atoms with Crippen LogP contribution in [0.2, 0.25) is 0 Å². The van der Waals surface area contributed by atoms with E-state index in [9.17, 15) is 4.79 Å². The number of benzene rings is 2. The molecule has 0 radical (unpaired) electrons. The lowest BCUT2D eigenvalue weighted by molar-refractivity contribution is 0.0866. The van der Waals surface area contributed by atoms with E-state index in [4.69, 9.17) is 9.26 Å². The number of rotatable bonds is 9. The minimum Gasteiger partial charge on any atom is -0.485 e. The van der Waals surface area contributed by atoms with Crippen molar-refractivity contribution >= 4 is 5.91 Å². The molecule has 1 saturated heterocycles. The van der Waals surface area contributed by atoms with E-state index in [1.807, 2.05) is 0 Å². The van der Waals surface area contributed by atoms with Crippen LogP contribution in [0.3, 0.4) is 0 Å². The molecule has 2 aromatic carbocycles. The summed E-state index contributed by atoms with van der Waals surface area (Å²) in [5.74, 6) is 1.57. The molecule has 1 N–H and O–H groups in total. The zero-order valence-electron chi connectivity index (χ0n) is 19.2. The van der Waals surface area contributed by atoms with E-state index >= 15 is 0 Å². The van der Waals surface area contributed by atoms with Crippen LogP contribution in [0.1, 0.15) is 40.1 Å². The number of nitrogens with zero attached hydrogens (tertiary/aromatic N) is 4. The molecule has 33 heavy (non-hydrogen) atoms. The van der Waals surface area contributed by atoms with Crippen molar-refractivity contribution in [2.24, 2.45) is 0 Å². The maximum Gasteiger partial charge on any atom is 0.251 e. The third-order valence-electron chi connectivity index (χ3n) is 5.84. The van der Waals surface area contributed by atoms with Crippen LogP contribution in [0.4, 0.5) is 0 Å². The Morgan fingerprint density at radius 1 is 1.15 bits per heavy atom. The highest BCUT2D eigenvalue weighted by atomic mass is 16.5. The molecule has 1 aromatic heterocycles. The van der Waals surface area contributed by atoms with Gasteiger partial charge in [-0.2, -0.15) is 4.98 Å². The van der Waals surface area contributed by atoms with E-state index in [0.29, 0.717) is 35.6 Å². The van der Waals surface area contributed by atoms with Gasteiger partial charge in [0.2, 0.25) is 11.7 Å². The number of likely N-dealkylation sites (N-methyl/N-ethyl adjacent to an activating group) is 1. The summed E-state index contributed by atoms with van der Waals surface area (Å²) in [5, 5.41) is 6.83. The lowest BCUT2D eigenvalue weighted by Gasteiger charge is -2.40. The third kappa shape index (κ3) is 6.40. The highest BCUT2D eigenvalue weighted by molar-refractivity contribution is 5.94. The summed E-state index contributed by atoms with van der Waals surface area (Å²) in [6.45, 7) is 6.68. The minimum atomic E-state index is -0.0756. The van der Waals surface area contributed by atoms with Crippen LogP contribution in [0.5, 0.6) is 5.75 Å². The Morgan fingerprint density at radius 2 is 1.94 bits per heavy atom. The molecule has 8 nitrogen and oxygen atoms in total. The normalized spacial score (nSPS) is 17.1. The Kier molecular flexibility index (Phi) is 7.70. The summed E-state index contributed by atoms with van der Waals surface area (Å²) in [6, 6.07) is 18.1. The molecule has 4 rings (SSSR count). The highest BCUT2D eigenvalue weighted by Crippen LogP contribution is 2.24. The molecule has 1 aliphatic rings. The predicted molar refractivity (Wildman–Crippen MR) is 125 cm³/mol. The molecule has 2 heterocycles. The van der Waals surface area contributed by atoms with Gasteiger partial charge in [0.25, 0.3) is 5.91 Å². The zero-order valence-corrected chi connectivity index (χ0v) is 19.2. The van der Waals surface area contributed by atoms with E-state index in [2.05, 4.69) is 62.6 Å². The number of piperazine rings is 1. The number of ether oxygens (including phenoxy) is 1. The van der Waals surface area contributed by atoms with Crippen LogP contribution in [0.15, 0.2) is 59.1 Å². The summed E-state index contributed by atoms with van der Waals surface area (Å²) in [6.07, 6.45) is 0.907. The van der Waals surface area contributed by atoms with Crippen LogP contribution >= 0.6 is 0 Å². The number of carbonyl (C=O) groups excluding carboxylic acids is 1. The summed E-state index contributed by atoms with van der Waals surface area (Å²) in [7, 11) is 2.18. The Hall–Kier alpha value is -3.23. The average molecular weight is 450 g/mol. The molecular weight excluding hydrogens is 418 g/mol. The number of amides is 1. The minimum absolute atomic E-state index is 0.0756. The van der Waals surface area contributed by atoms with Crippen molar-refractivity contribution in [2.75, 3.05) is 39.8 Å². The molecule has 1 unspecified atom stereocenters. The van der Waals surface area contributed by atoms with Gasteiger partial charge < -0.3 is 19.5 Å². The smallest absolute Gasteiger partial charge is 0.251 e. The van der Waals surface area contributed by atoms with Crippen molar-refractivity contribution < 1.29 is 14.1 Å². The monoisotopic (exact) mass is 449 g/mol. The molecule has 0 saturated carbocycles. The van der Waals surface area contributed by atoms with E-state index in [-0.39, 0.29) is 12.5 Å². The maximum absolute atomic E-state index is 12.5. The summed E-state index contributed by atoms with van der Waals surface area (Å²) in [4.78, 5) is 21.5. The Bertz CT molecular complexity index is 1020. The molecule has 1 atom stereocenters. The molecule has 174 valence electrons. The molecule has 8 heteroatoms. The summed E-state index contributed by atoms with van der Waals surface area (Å²) < 4.78 is 10.6. The van der Waals surface area contributed by atoms with Crippen molar-refractivity contribution in [3.63, 3.8) is 0 Å². The SMILES string of the molecule is Cc1nc(COc2ccc(C(=O)NCCCN3CCN(C)CC3c3ccccc3)cc2)no1. The van der Waals surface area contributed by atoms with Crippen molar-refractivity contribution in [1.82, 2.24) is 25.3 Å². The third-order valence-corrected chi connectivity index (χ3v) is 5.84. The second-order valence-electron chi connectivity index (χ2n) is 8.38. The van der Waals surface area contributed by atoms with Crippen LogP contribution < -0.4 is 10.1 Å². The first-order chi connectivity index (χ1) is 16.1. The van der Waals surface area contributed by atoms with Gasteiger partial charge in [-0.3, -0.25) is 9.69 Å². The van der Waals surface area contributed by atoms with Gasteiger partial charge in [-0.05, 0) is 43.3 Å². The summed E-state index contributed by atoms with van der Waals surface area (Å²) in [5.41, 5.74) is 1.96. The van der Waals surface area contributed by atoms with Crippen LogP contribution in [0.25, 0.3) is 0 Å². The van der Waals surface area contributed by atoms with Gasteiger partial charge in [0.15, 0.2) is 6.61 Å². The van der Waals surface area contributed by atoms with E-state index in [1.54, 1.807) is 31.2 Å². The topological polar surface area (TPSA) is 83.7 Å². The van der Waals surface area contributed by atoms with Gasteiger partial charge >= 0.3 is 0 Å². The standard InChI is InChI=1S/C25H31N5O3/c1-19-27-24(28-33-19)18-32-22-11-9-21(10-12-22)25(31)26-13-6-14-30-16-15-29(2)17-23(30)20-7-4-3-5-8-20/h3-5,7-12,23H,6,13-18H2,1-2H3,(H,26,31). The second-order valence-corrected chi connectivity index (χ2v) is 8.38. The quantitative estimate of drug-likeness (QED) is 0.503. The largest absolute Gasteiger partial charge is 0.485 e. The fourth-order valence-electron chi connectivity index (χ4n) is 4.05. The fraction of sp³-hybridized carbons (Fsp3) is 0.400. The number of aromatic nitrogens is 2. The van der Waals surface area contributed by atoms with E-state index < -0.39 is 0 Å². The van der Waals surface area contributed by atoms with Crippen molar-refractivity contribution in [1.29, 1.82) is 0 Å². The van der Waals surface area contributed by atoms with E-state index in [1.165, 1.54) is 5.56 Å². The highest BCUT2D eigenvalue weighted by Gasteiger charge is 2.25. The molecule has 0 spiro atoms. The number of nitrogens with one attached hydrogen (secondary N) is 1. The number of hydrogen-bond donors (Lipinski definition) is 1. The molecule has 1 aliphatic heterocycles. The van der Waals surface area contributed by atoms with Crippen molar-refractivity contribution in [3.8, 4) is 5.75 Å². The van der Waals surface area contributed by atoms with Crippen LogP contribution in [0, 0.1) is 6.92 Å². The van der Waals surface area contributed by atoms with E-state index in [0.717, 1.165) is 32.6 Å². The fourth-order valence-corrected chi connectivity index (χ4v) is 4.05. The second kappa shape index (κ2) is 11.1. The Morgan fingerprint density at radius 3 is 2.67 bits per heavy atom. The summed E-state index contributed by atoms with van der Waals surface area (Å²) >= 11 is 0. The van der Waals surface area contributed by atoms with Gasteiger partial charge in [0.05, 0.1) is 0 Å². The lowest BCUT2D eigenvalue weighted by Crippen LogP contribution is -2.47. The van der Waals surface area contributed by atoms with Gasteiger partial charge in [0.1, 0.15) is 5.75 Å². The lowest BCUT2D eigenvalue weighted by atomic mass is 10.0. The van der Waals surface area contributed by atoms with Gasteiger partial charge in [-0.15, -0.1) is 0 Å². The molecular formula is C25H31N5O3. The number of carbonyl (C=O) groups is 1. The number of hydrogen-bond acceptors (Lipinski definition) is 7. The Balaban J connectivity index is 1.21. The first-order valence-corrected chi connectivity index (χ1v) is 11.4. The molecule has 1 fully saturated rings. The number of aryl methyl sites for hydroxylation is 1. The predicted octanol–water partition coefficient (Wildman–Crippen LogP) is 3.07. The first kappa shape index (κ1) is 22.9. The van der Waals surface area contributed by atoms with Crippen LogP contribution in [-0.2, 0) is 6.61 Å². The average Bonchev–Trinajstić information content (AvgIpc) is 3.27. The first-order valence-electron chi connectivity index (χ1n) is 11.4.